The van der Waals surface area contributed by atoms with Gasteiger partial charge in [0.05, 0.1) is 5.41 Å². The summed E-state index contributed by atoms with van der Waals surface area (Å²) in [5.41, 5.74) is 6.86. The Hall–Kier alpha value is -3.50. The smallest absolute Gasteiger partial charge is 0.132 e. The molecule has 2 aliphatic rings. The first-order valence-electron chi connectivity index (χ1n) is 8.80. The Morgan fingerprint density at radius 2 is 1.23 bits per heavy atom. The number of hydrogen-bond donors (Lipinski definition) is 0. The molecular formula is C25H14O. The van der Waals surface area contributed by atoms with Gasteiger partial charge in [-0.1, -0.05) is 72.8 Å². The van der Waals surface area contributed by atoms with Gasteiger partial charge in [-0.25, -0.2) is 0 Å². The van der Waals surface area contributed by atoms with Crippen molar-refractivity contribution in [3.8, 4) is 22.6 Å². The molecule has 1 heterocycles. The van der Waals surface area contributed by atoms with E-state index in [1.807, 2.05) is 18.2 Å². The van der Waals surface area contributed by atoms with Gasteiger partial charge in [-0.15, -0.1) is 0 Å². The van der Waals surface area contributed by atoms with E-state index in [2.05, 4.69) is 78.9 Å². The summed E-state index contributed by atoms with van der Waals surface area (Å²) in [6, 6.07) is 36.1. The van der Waals surface area contributed by atoms with Crippen LogP contribution in [0.3, 0.4) is 0 Å². The molecule has 0 N–H and O–H groups in total. The summed E-state index contributed by atoms with van der Waals surface area (Å²) in [6.07, 6.45) is 0. The van der Waals surface area contributed by atoms with Crippen molar-refractivity contribution in [2.24, 2.45) is 0 Å². The van der Waals surface area contributed by atoms with Crippen molar-refractivity contribution in [3.63, 3.8) is 0 Å². The van der Waals surface area contributed by atoms with Crippen molar-refractivity contribution in [1.29, 1.82) is 0 Å². The van der Waals surface area contributed by atoms with Gasteiger partial charge in [0.15, 0.2) is 0 Å². The Bertz CT molecular complexity index is 1080. The number of para-hydroxylation sites is 2. The van der Waals surface area contributed by atoms with E-state index in [1.54, 1.807) is 0 Å². The summed E-state index contributed by atoms with van der Waals surface area (Å²) >= 11 is 0. The zero-order valence-electron chi connectivity index (χ0n) is 14.0. The van der Waals surface area contributed by atoms with E-state index in [1.165, 1.54) is 27.8 Å². The van der Waals surface area contributed by atoms with E-state index in [0.29, 0.717) is 0 Å². The van der Waals surface area contributed by atoms with E-state index in [9.17, 15) is 0 Å². The van der Waals surface area contributed by atoms with Crippen LogP contribution < -0.4 is 4.74 Å². The van der Waals surface area contributed by atoms with Crippen molar-refractivity contribution in [2.75, 3.05) is 0 Å². The second kappa shape index (κ2) is 4.77. The van der Waals surface area contributed by atoms with E-state index in [-0.39, 0.29) is 0 Å². The summed E-state index contributed by atoms with van der Waals surface area (Å²) in [5.74, 6) is 1.82. The lowest BCUT2D eigenvalue weighted by Gasteiger charge is -2.38. The van der Waals surface area contributed by atoms with Crippen LogP contribution in [0.15, 0.2) is 84.9 Å². The molecule has 4 aromatic rings. The maximum absolute atomic E-state index is 6.27. The van der Waals surface area contributed by atoms with E-state index in [0.717, 1.165) is 17.1 Å². The predicted molar refractivity (Wildman–Crippen MR) is 101 cm³/mol. The third kappa shape index (κ3) is 1.48. The van der Waals surface area contributed by atoms with Crippen LogP contribution in [-0.4, -0.2) is 0 Å². The minimum atomic E-state index is -0.408. The van der Waals surface area contributed by atoms with Gasteiger partial charge >= 0.3 is 0 Å². The average molecular weight is 330 g/mol. The highest BCUT2D eigenvalue weighted by Gasteiger charge is 2.51. The molecule has 0 saturated heterocycles. The number of ether oxygens (including phenoxy) is 1. The summed E-state index contributed by atoms with van der Waals surface area (Å²) in [7, 11) is 0. The van der Waals surface area contributed by atoms with Crippen molar-refractivity contribution >= 4 is 0 Å². The molecular weight excluding hydrogens is 316 g/mol. The first-order valence-corrected chi connectivity index (χ1v) is 8.80. The monoisotopic (exact) mass is 330 g/mol. The van der Waals surface area contributed by atoms with Gasteiger partial charge in [0.2, 0.25) is 0 Å². The zero-order chi connectivity index (χ0) is 17.1. The normalized spacial score (nSPS) is 14.5. The molecule has 0 aromatic heterocycles. The molecule has 1 nitrogen and oxygen atoms in total. The predicted octanol–water partition coefficient (Wildman–Crippen LogP) is 5.76. The van der Waals surface area contributed by atoms with Crippen LogP contribution in [0, 0.1) is 12.1 Å². The van der Waals surface area contributed by atoms with Crippen LogP contribution in [0.5, 0.6) is 11.5 Å². The van der Waals surface area contributed by atoms with Crippen molar-refractivity contribution in [2.45, 2.75) is 5.41 Å². The highest BCUT2D eigenvalue weighted by molar-refractivity contribution is 5.87. The van der Waals surface area contributed by atoms with Crippen molar-refractivity contribution in [1.82, 2.24) is 0 Å². The third-order valence-electron chi connectivity index (χ3n) is 5.60. The quantitative estimate of drug-likeness (QED) is 0.344. The molecule has 0 saturated carbocycles. The first-order chi connectivity index (χ1) is 12.9. The summed E-state index contributed by atoms with van der Waals surface area (Å²) in [6.45, 7) is 0. The van der Waals surface area contributed by atoms with Crippen LogP contribution in [0.4, 0.5) is 0 Å². The molecule has 6 rings (SSSR count). The van der Waals surface area contributed by atoms with Crippen LogP contribution in [0.2, 0.25) is 0 Å². The Kier molecular flexibility index (Phi) is 2.53. The van der Waals surface area contributed by atoms with Crippen molar-refractivity contribution < 1.29 is 4.74 Å². The van der Waals surface area contributed by atoms with E-state index >= 15 is 0 Å². The Morgan fingerprint density at radius 3 is 1.96 bits per heavy atom. The molecule has 1 aliphatic carbocycles. The van der Waals surface area contributed by atoms with Crippen molar-refractivity contribution in [3.05, 3.63) is 119 Å². The lowest BCUT2D eigenvalue weighted by atomic mass is 9.66. The Balaban J connectivity index is 1.87. The third-order valence-corrected chi connectivity index (χ3v) is 5.60. The topological polar surface area (TPSA) is 9.23 Å². The van der Waals surface area contributed by atoms with Gasteiger partial charge in [0.1, 0.15) is 11.5 Å². The van der Waals surface area contributed by atoms with E-state index < -0.39 is 5.41 Å². The minimum Gasteiger partial charge on any atom is -0.457 e. The molecule has 26 heavy (non-hydrogen) atoms. The van der Waals surface area contributed by atoms with Crippen LogP contribution in [0.25, 0.3) is 11.1 Å². The summed E-state index contributed by atoms with van der Waals surface area (Å²) < 4.78 is 6.27. The molecule has 0 atom stereocenters. The fourth-order valence-corrected chi connectivity index (χ4v) is 4.64. The number of hydrogen-bond acceptors (Lipinski definition) is 1. The fourth-order valence-electron chi connectivity index (χ4n) is 4.64. The highest BCUT2D eigenvalue weighted by Crippen LogP contribution is 2.61. The molecule has 1 heteroatoms. The molecule has 0 radical (unpaired) electrons. The van der Waals surface area contributed by atoms with Gasteiger partial charge in [-0.05, 0) is 41.0 Å². The molecule has 0 amide bonds. The molecule has 1 spiro atoms. The largest absolute Gasteiger partial charge is 0.457 e. The Labute approximate surface area is 152 Å². The van der Waals surface area contributed by atoms with Crippen LogP contribution in [-0.2, 0) is 5.41 Å². The van der Waals surface area contributed by atoms with Crippen LogP contribution in [0.1, 0.15) is 22.3 Å². The summed E-state index contributed by atoms with van der Waals surface area (Å²) in [4.78, 5) is 0. The Morgan fingerprint density at radius 1 is 0.615 bits per heavy atom. The maximum atomic E-state index is 6.27. The molecule has 120 valence electrons. The lowest BCUT2D eigenvalue weighted by molar-refractivity contribution is 0.436. The number of rotatable bonds is 0. The molecule has 4 aromatic carbocycles. The average Bonchev–Trinajstić information content (AvgIpc) is 3.00. The molecule has 0 unspecified atom stereocenters. The highest BCUT2D eigenvalue weighted by atomic mass is 16.5. The molecule has 1 aliphatic heterocycles. The number of fused-ring (bicyclic) bond motifs is 9. The second-order valence-corrected chi connectivity index (χ2v) is 6.78. The first kappa shape index (κ1) is 13.8. The van der Waals surface area contributed by atoms with E-state index in [4.69, 9.17) is 4.74 Å². The lowest BCUT2D eigenvalue weighted by Crippen LogP contribution is -2.31. The van der Waals surface area contributed by atoms with Gasteiger partial charge in [0.25, 0.3) is 0 Å². The SMILES string of the molecule is c1ccc2c(c#1)C1(c3ccccc3Oc3ccccc31)c1ccccc1-2. The maximum Gasteiger partial charge on any atom is 0.132 e. The van der Waals surface area contributed by atoms with Crippen LogP contribution >= 0.6 is 0 Å². The second-order valence-electron chi connectivity index (χ2n) is 6.78. The van der Waals surface area contributed by atoms with Gasteiger partial charge < -0.3 is 4.74 Å². The van der Waals surface area contributed by atoms with Gasteiger partial charge in [-0.3, -0.25) is 0 Å². The minimum absolute atomic E-state index is 0.408. The number of benzene rings is 3. The zero-order valence-corrected chi connectivity index (χ0v) is 14.0. The molecule has 0 fully saturated rings. The van der Waals surface area contributed by atoms with Gasteiger partial charge in [0, 0.05) is 16.7 Å². The van der Waals surface area contributed by atoms with Gasteiger partial charge in [-0.2, -0.15) is 0 Å². The fraction of sp³-hybridized carbons (Fsp3) is 0.0400. The standard InChI is InChI=1S/C25H14O/c1-3-11-19-17(9-1)18-10-2-4-12-20(18)25(19)21-13-5-7-15-23(21)26-24-16-8-6-14-22(24)25/h1-3,5-11,13-16H. The molecule has 0 bridgehead atoms. The summed E-state index contributed by atoms with van der Waals surface area (Å²) in [5, 5.41) is 0.